The van der Waals surface area contributed by atoms with Crippen LogP contribution in [0.25, 0.3) is 11.1 Å². The van der Waals surface area contributed by atoms with Crippen LogP contribution < -0.4 is 11.1 Å². The zero-order valence-electron chi connectivity index (χ0n) is 15.2. The second-order valence-electron chi connectivity index (χ2n) is 6.98. The Hall–Kier alpha value is -1.86. The Morgan fingerprint density at radius 1 is 1.27 bits per heavy atom. The number of carbonyl (C=O) groups is 1. The van der Waals surface area contributed by atoms with Crippen molar-refractivity contribution in [3.8, 4) is 11.1 Å². The quantitative estimate of drug-likeness (QED) is 0.811. The summed E-state index contributed by atoms with van der Waals surface area (Å²) in [6.07, 6.45) is 5.61. The standard InChI is InChI=1S/C19H25FN4OS/c1-12-17(13(2)24(23-12)26-20)14-8-10-16(11-9-14)22-19(25)18(21)15-6-4-3-5-7-15/h8-11,15,18H,3-7,21H2,1-2H3,(H,22,25). The number of carbonyl (C=O) groups excluding carboxylic acids is 1. The van der Waals surface area contributed by atoms with E-state index in [9.17, 15) is 8.68 Å². The lowest BCUT2D eigenvalue weighted by atomic mass is 9.84. The van der Waals surface area contributed by atoms with Crippen LogP contribution in [0.1, 0.15) is 43.5 Å². The van der Waals surface area contributed by atoms with Crippen LogP contribution in [0.15, 0.2) is 24.3 Å². The predicted octanol–water partition coefficient (Wildman–Crippen LogP) is 4.39. The van der Waals surface area contributed by atoms with Gasteiger partial charge in [0.1, 0.15) is 0 Å². The summed E-state index contributed by atoms with van der Waals surface area (Å²) < 4.78 is 14.2. The van der Waals surface area contributed by atoms with Crippen LogP contribution in [0.2, 0.25) is 0 Å². The molecule has 5 nitrogen and oxygen atoms in total. The van der Waals surface area contributed by atoms with E-state index < -0.39 is 6.04 Å². The summed E-state index contributed by atoms with van der Waals surface area (Å²) in [5, 5.41) is 7.08. The van der Waals surface area contributed by atoms with Crippen molar-refractivity contribution in [3.05, 3.63) is 35.7 Å². The lowest BCUT2D eigenvalue weighted by molar-refractivity contribution is -0.118. The molecule has 1 heterocycles. The number of hydrogen-bond donors (Lipinski definition) is 2. The maximum atomic E-state index is 12.9. The van der Waals surface area contributed by atoms with Gasteiger partial charge in [0.25, 0.3) is 0 Å². The van der Waals surface area contributed by atoms with E-state index >= 15 is 0 Å². The van der Waals surface area contributed by atoms with Gasteiger partial charge in [-0.15, -0.1) is 3.89 Å². The minimum Gasteiger partial charge on any atom is -0.325 e. The summed E-state index contributed by atoms with van der Waals surface area (Å²) in [6, 6.07) is 7.05. The van der Waals surface area contributed by atoms with E-state index in [-0.39, 0.29) is 24.2 Å². The zero-order chi connectivity index (χ0) is 18.7. The van der Waals surface area contributed by atoms with E-state index in [1.54, 1.807) is 0 Å². The predicted molar refractivity (Wildman–Crippen MR) is 104 cm³/mol. The van der Waals surface area contributed by atoms with Gasteiger partial charge in [0.15, 0.2) is 12.3 Å². The number of aryl methyl sites for hydroxylation is 1. The number of aromatic nitrogens is 2. The zero-order valence-corrected chi connectivity index (χ0v) is 16.0. The van der Waals surface area contributed by atoms with E-state index in [1.165, 1.54) is 10.5 Å². The van der Waals surface area contributed by atoms with Gasteiger partial charge in [0.05, 0.1) is 17.4 Å². The first-order valence-electron chi connectivity index (χ1n) is 9.03. The Morgan fingerprint density at radius 3 is 2.50 bits per heavy atom. The Morgan fingerprint density at radius 2 is 1.92 bits per heavy atom. The van der Waals surface area contributed by atoms with Crippen molar-refractivity contribution in [2.75, 3.05) is 5.32 Å². The molecule has 1 aliphatic carbocycles. The van der Waals surface area contributed by atoms with Gasteiger partial charge in [-0.1, -0.05) is 31.4 Å². The highest BCUT2D eigenvalue weighted by molar-refractivity contribution is 7.92. The number of nitrogens with zero attached hydrogens (tertiary/aromatic N) is 2. The molecule has 1 unspecified atom stereocenters. The molecule has 140 valence electrons. The molecule has 0 radical (unpaired) electrons. The molecule has 2 aromatic rings. The summed E-state index contributed by atoms with van der Waals surface area (Å²) in [5.41, 5.74) is 10.2. The number of anilines is 1. The van der Waals surface area contributed by atoms with Gasteiger partial charge < -0.3 is 11.1 Å². The SMILES string of the molecule is Cc1nn(SF)c(C)c1-c1ccc(NC(=O)C(N)C2CCCCC2)cc1. The average molecular weight is 377 g/mol. The first-order chi connectivity index (χ1) is 12.5. The molecule has 1 amide bonds. The fourth-order valence-electron chi connectivity index (χ4n) is 3.76. The number of rotatable bonds is 5. The van der Waals surface area contributed by atoms with Crippen LogP contribution in [-0.4, -0.2) is 21.1 Å². The Bertz CT molecular complexity index is 769. The molecular formula is C19H25FN4OS. The first kappa shape index (κ1) is 18.9. The first-order valence-corrected chi connectivity index (χ1v) is 9.71. The number of amides is 1. The van der Waals surface area contributed by atoms with Crippen molar-refractivity contribution in [1.82, 2.24) is 9.19 Å². The molecule has 0 spiro atoms. The van der Waals surface area contributed by atoms with Crippen LogP contribution in [0.5, 0.6) is 0 Å². The number of benzene rings is 1. The Kier molecular flexibility index (Phi) is 5.98. The number of halogens is 1. The van der Waals surface area contributed by atoms with Crippen LogP contribution >= 0.6 is 12.3 Å². The number of nitrogens with one attached hydrogen (secondary N) is 1. The monoisotopic (exact) mass is 376 g/mol. The van der Waals surface area contributed by atoms with E-state index in [0.29, 0.717) is 5.69 Å². The molecule has 3 rings (SSSR count). The molecule has 1 aliphatic rings. The van der Waals surface area contributed by atoms with Crippen molar-refractivity contribution >= 4 is 23.9 Å². The third kappa shape index (κ3) is 3.94. The molecule has 3 N–H and O–H groups in total. The van der Waals surface area contributed by atoms with Gasteiger partial charge in [-0.2, -0.15) is 9.19 Å². The molecule has 1 aromatic heterocycles. The maximum Gasteiger partial charge on any atom is 0.241 e. The molecule has 0 aliphatic heterocycles. The lowest BCUT2D eigenvalue weighted by Gasteiger charge is -2.26. The number of hydrogen-bond acceptors (Lipinski definition) is 4. The third-order valence-corrected chi connectivity index (χ3v) is 5.70. The van der Waals surface area contributed by atoms with E-state index in [2.05, 4.69) is 10.4 Å². The lowest BCUT2D eigenvalue weighted by Crippen LogP contribution is -2.42. The topological polar surface area (TPSA) is 72.9 Å². The minimum atomic E-state index is -0.459. The van der Waals surface area contributed by atoms with E-state index in [1.807, 2.05) is 38.1 Å². The summed E-state index contributed by atoms with van der Waals surface area (Å²) in [4.78, 5) is 12.4. The highest BCUT2D eigenvalue weighted by Gasteiger charge is 2.26. The summed E-state index contributed by atoms with van der Waals surface area (Å²) >= 11 is 0.0880. The Balaban J connectivity index is 1.70. The molecular weight excluding hydrogens is 351 g/mol. The summed E-state index contributed by atoms with van der Waals surface area (Å²) in [7, 11) is 0. The van der Waals surface area contributed by atoms with Gasteiger partial charge in [-0.05, 0) is 50.3 Å². The van der Waals surface area contributed by atoms with Gasteiger partial charge in [-0.3, -0.25) is 4.79 Å². The molecule has 1 aromatic carbocycles. The largest absolute Gasteiger partial charge is 0.325 e. The van der Waals surface area contributed by atoms with Crippen LogP contribution in [-0.2, 0) is 4.79 Å². The fraction of sp³-hybridized carbons (Fsp3) is 0.474. The molecule has 1 saturated carbocycles. The highest BCUT2D eigenvalue weighted by Crippen LogP contribution is 2.30. The average Bonchev–Trinajstić information content (AvgIpc) is 2.96. The molecule has 0 saturated heterocycles. The van der Waals surface area contributed by atoms with Gasteiger partial charge in [-0.25, -0.2) is 0 Å². The molecule has 26 heavy (non-hydrogen) atoms. The molecule has 1 atom stereocenters. The second kappa shape index (κ2) is 8.22. The Labute approximate surface area is 158 Å². The van der Waals surface area contributed by atoms with Gasteiger partial charge in [0.2, 0.25) is 5.91 Å². The van der Waals surface area contributed by atoms with Gasteiger partial charge >= 0.3 is 0 Å². The smallest absolute Gasteiger partial charge is 0.241 e. The van der Waals surface area contributed by atoms with Crippen molar-refractivity contribution in [3.63, 3.8) is 0 Å². The van der Waals surface area contributed by atoms with Crippen molar-refractivity contribution in [2.24, 2.45) is 11.7 Å². The molecule has 0 bridgehead atoms. The van der Waals surface area contributed by atoms with Crippen molar-refractivity contribution < 1.29 is 8.68 Å². The van der Waals surface area contributed by atoms with Crippen molar-refractivity contribution in [1.29, 1.82) is 0 Å². The van der Waals surface area contributed by atoms with Crippen LogP contribution in [0, 0.1) is 19.8 Å². The summed E-state index contributed by atoms with van der Waals surface area (Å²) in [6.45, 7) is 3.69. The van der Waals surface area contributed by atoms with E-state index in [0.717, 1.165) is 48.2 Å². The highest BCUT2D eigenvalue weighted by atomic mass is 32.2. The maximum absolute atomic E-state index is 12.9. The molecule has 1 fully saturated rings. The van der Waals surface area contributed by atoms with Gasteiger partial charge in [0, 0.05) is 11.3 Å². The van der Waals surface area contributed by atoms with E-state index in [4.69, 9.17) is 5.73 Å². The van der Waals surface area contributed by atoms with Crippen LogP contribution in [0.3, 0.4) is 0 Å². The number of nitrogens with two attached hydrogens (primary N) is 1. The normalized spacial score (nSPS) is 16.5. The molecule has 7 heteroatoms. The van der Waals surface area contributed by atoms with Crippen molar-refractivity contribution in [2.45, 2.75) is 52.0 Å². The minimum absolute atomic E-state index is 0.0880. The fourth-order valence-corrected chi connectivity index (χ4v) is 4.10. The van der Waals surface area contributed by atoms with Crippen LogP contribution in [0.4, 0.5) is 9.57 Å². The second-order valence-corrected chi connectivity index (χ2v) is 7.46. The summed E-state index contributed by atoms with van der Waals surface area (Å²) in [5.74, 6) is 0.149. The third-order valence-electron chi connectivity index (χ3n) is 5.22.